The number of carboxylic acid groups (broad SMARTS) is 1. The number of aliphatic hydroxyl groups is 2. The van der Waals surface area contributed by atoms with Crippen LogP contribution in [0.15, 0.2) is 0 Å². The van der Waals surface area contributed by atoms with Crippen molar-refractivity contribution >= 4 is 5.97 Å². The van der Waals surface area contributed by atoms with Gasteiger partial charge in [0.05, 0.1) is 18.6 Å². The molecular weight excluding hydrogens is 162 g/mol. The molecule has 0 radical (unpaired) electrons. The Hall–Kier alpha value is -0.650. The van der Waals surface area contributed by atoms with Crippen molar-refractivity contribution in [1.29, 1.82) is 0 Å². The summed E-state index contributed by atoms with van der Waals surface area (Å²) in [4.78, 5) is 10.3. The van der Waals surface area contributed by atoms with Crippen molar-refractivity contribution in [2.24, 2.45) is 0 Å². The molecule has 4 N–H and O–H groups in total. The van der Waals surface area contributed by atoms with Crippen LogP contribution in [0, 0.1) is 0 Å². The molecular formula is C7H13NO4. The number of carbonyl (C=O) groups is 1. The fourth-order valence-corrected chi connectivity index (χ4v) is 1.44. The van der Waals surface area contributed by atoms with Crippen molar-refractivity contribution in [3.63, 3.8) is 0 Å². The zero-order valence-electron chi connectivity index (χ0n) is 6.77. The second-order valence-electron chi connectivity index (χ2n) is 3.14. The van der Waals surface area contributed by atoms with Gasteiger partial charge in [-0.3, -0.25) is 4.79 Å². The number of hydrogen-bond donors (Lipinski definition) is 4. The summed E-state index contributed by atoms with van der Waals surface area (Å²) < 4.78 is 0. The molecule has 0 unspecified atom stereocenters. The van der Waals surface area contributed by atoms with Crippen LogP contribution < -0.4 is 5.32 Å². The van der Waals surface area contributed by atoms with E-state index in [-0.39, 0.29) is 12.5 Å². The average molecular weight is 175 g/mol. The van der Waals surface area contributed by atoms with Gasteiger partial charge in [0.2, 0.25) is 0 Å². The van der Waals surface area contributed by atoms with Gasteiger partial charge in [-0.1, -0.05) is 0 Å². The normalized spacial score (nSPS) is 41.6. The lowest BCUT2D eigenvalue weighted by molar-refractivity contribution is -0.138. The van der Waals surface area contributed by atoms with Gasteiger partial charge in [-0.2, -0.15) is 0 Å². The van der Waals surface area contributed by atoms with E-state index < -0.39 is 24.2 Å². The van der Waals surface area contributed by atoms with E-state index in [0.717, 1.165) is 0 Å². The van der Waals surface area contributed by atoms with Crippen molar-refractivity contribution in [2.45, 2.75) is 37.6 Å². The summed E-state index contributed by atoms with van der Waals surface area (Å²) >= 11 is 0. The van der Waals surface area contributed by atoms with Gasteiger partial charge < -0.3 is 20.6 Å². The van der Waals surface area contributed by atoms with Crippen molar-refractivity contribution in [3.05, 3.63) is 0 Å². The Labute approximate surface area is 70.0 Å². The minimum atomic E-state index is -0.979. The standard InChI is InChI=1S/C7H13NO4/c1-3-6(11)7(12)4(8-3)2-5(9)10/h3-4,6-8,11-12H,2H2,1H3,(H,9,10)/t3-,4-,6+,7-/m0/s1. The number of rotatable bonds is 2. The zero-order chi connectivity index (χ0) is 9.30. The summed E-state index contributed by atoms with van der Waals surface area (Å²) in [5.74, 6) is -0.979. The van der Waals surface area contributed by atoms with Crippen molar-refractivity contribution in [2.75, 3.05) is 0 Å². The van der Waals surface area contributed by atoms with Crippen LogP contribution in [-0.2, 0) is 4.79 Å². The predicted octanol–water partition coefficient (Wildman–Crippen LogP) is -1.46. The molecule has 1 aliphatic rings. The first kappa shape index (κ1) is 9.44. The third-order valence-corrected chi connectivity index (χ3v) is 2.15. The Bertz CT molecular complexity index is 184. The van der Waals surface area contributed by atoms with E-state index >= 15 is 0 Å². The minimum Gasteiger partial charge on any atom is -0.481 e. The molecule has 0 aliphatic carbocycles. The highest BCUT2D eigenvalue weighted by molar-refractivity contribution is 5.67. The molecule has 1 fully saturated rings. The SMILES string of the molecule is C[C@@H]1N[C@@H](CC(=O)O)[C@H](O)[C@@H]1O. The van der Waals surface area contributed by atoms with Crippen LogP contribution in [-0.4, -0.2) is 45.6 Å². The van der Waals surface area contributed by atoms with Crippen molar-refractivity contribution in [3.8, 4) is 0 Å². The van der Waals surface area contributed by atoms with Gasteiger partial charge in [0.25, 0.3) is 0 Å². The van der Waals surface area contributed by atoms with Crippen LogP contribution in [0.25, 0.3) is 0 Å². The number of carboxylic acids is 1. The van der Waals surface area contributed by atoms with E-state index in [1.54, 1.807) is 6.92 Å². The summed E-state index contributed by atoms with van der Waals surface area (Å²) in [6.07, 6.45) is -2.01. The van der Waals surface area contributed by atoms with Gasteiger partial charge in [0.15, 0.2) is 0 Å². The quantitative estimate of drug-likeness (QED) is 0.412. The Morgan fingerprint density at radius 2 is 2.00 bits per heavy atom. The maximum absolute atomic E-state index is 10.3. The molecule has 4 atom stereocenters. The van der Waals surface area contributed by atoms with E-state index in [1.165, 1.54) is 0 Å². The molecule has 12 heavy (non-hydrogen) atoms. The third-order valence-electron chi connectivity index (χ3n) is 2.15. The van der Waals surface area contributed by atoms with Crippen LogP contribution in [0.1, 0.15) is 13.3 Å². The summed E-state index contributed by atoms with van der Waals surface area (Å²) in [6.45, 7) is 1.70. The van der Waals surface area contributed by atoms with Crippen LogP contribution in [0.4, 0.5) is 0 Å². The van der Waals surface area contributed by atoms with Gasteiger partial charge in [-0.25, -0.2) is 0 Å². The molecule has 1 aliphatic heterocycles. The average Bonchev–Trinajstić information content (AvgIpc) is 2.17. The summed E-state index contributed by atoms with van der Waals surface area (Å²) in [5.41, 5.74) is 0. The van der Waals surface area contributed by atoms with E-state index in [0.29, 0.717) is 0 Å². The van der Waals surface area contributed by atoms with E-state index in [2.05, 4.69) is 5.32 Å². The van der Waals surface area contributed by atoms with Gasteiger partial charge in [-0.05, 0) is 6.92 Å². The predicted molar refractivity (Wildman–Crippen MR) is 40.7 cm³/mol. The van der Waals surface area contributed by atoms with E-state index in [1.807, 2.05) is 0 Å². The second-order valence-corrected chi connectivity index (χ2v) is 3.14. The Morgan fingerprint density at radius 3 is 2.33 bits per heavy atom. The monoisotopic (exact) mass is 175 g/mol. The molecule has 1 heterocycles. The highest BCUT2D eigenvalue weighted by Gasteiger charge is 2.39. The second kappa shape index (κ2) is 3.38. The van der Waals surface area contributed by atoms with E-state index in [9.17, 15) is 15.0 Å². The molecule has 0 aromatic carbocycles. The molecule has 0 amide bonds. The molecule has 70 valence electrons. The first-order valence-corrected chi connectivity index (χ1v) is 3.86. The topological polar surface area (TPSA) is 89.8 Å². The van der Waals surface area contributed by atoms with Crippen molar-refractivity contribution < 1.29 is 20.1 Å². The zero-order valence-corrected chi connectivity index (χ0v) is 6.77. The molecule has 0 bridgehead atoms. The van der Waals surface area contributed by atoms with Gasteiger partial charge in [0.1, 0.15) is 0 Å². The lowest BCUT2D eigenvalue weighted by Crippen LogP contribution is -2.35. The van der Waals surface area contributed by atoms with Crippen LogP contribution in [0.3, 0.4) is 0 Å². The molecule has 1 rings (SSSR count). The molecule has 1 saturated heterocycles. The highest BCUT2D eigenvalue weighted by atomic mass is 16.4. The summed E-state index contributed by atoms with van der Waals surface area (Å²) in [6, 6.07) is -0.781. The Kier molecular flexibility index (Phi) is 2.66. The maximum Gasteiger partial charge on any atom is 0.305 e. The Balaban J connectivity index is 2.52. The fraction of sp³-hybridized carbons (Fsp3) is 0.857. The van der Waals surface area contributed by atoms with Gasteiger partial charge in [0, 0.05) is 12.1 Å². The lowest BCUT2D eigenvalue weighted by atomic mass is 10.1. The number of nitrogens with one attached hydrogen (secondary N) is 1. The third kappa shape index (κ3) is 1.74. The first-order chi connectivity index (χ1) is 5.52. The number of hydrogen-bond acceptors (Lipinski definition) is 4. The maximum atomic E-state index is 10.3. The highest BCUT2D eigenvalue weighted by Crippen LogP contribution is 2.16. The summed E-state index contributed by atoms with van der Waals surface area (Å²) in [5, 5.41) is 29.8. The molecule has 0 aromatic rings. The molecule has 5 heteroatoms. The molecule has 0 spiro atoms. The van der Waals surface area contributed by atoms with E-state index in [4.69, 9.17) is 5.11 Å². The number of aliphatic hydroxyl groups excluding tert-OH is 2. The Morgan fingerprint density at radius 1 is 1.42 bits per heavy atom. The van der Waals surface area contributed by atoms with Crippen LogP contribution in [0.5, 0.6) is 0 Å². The van der Waals surface area contributed by atoms with Crippen LogP contribution >= 0.6 is 0 Å². The smallest absolute Gasteiger partial charge is 0.305 e. The largest absolute Gasteiger partial charge is 0.481 e. The minimum absolute atomic E-state index is 0.164. The van der Waals surface area contributed by atoms with Gasteiger partial charge >= 0.3 is 5.97 Å². The molecule has 0 aromatic heterocycles. The molecule has 0 saturated carbocycles. The lowest BCUT2D eigenvalue weighted by Gasteiger charge is -2.12. The first-order valence-electron chi connectivity index (χ1n) is 3.86. The number of aliphatic carboxylic acids is 1. The fourth-order valence-electron chi connectivity index (χ4n) is 1.44. The molecule has 5 nitrogen and oxygen atoms in total. The van der Waals surface area contributed by atoms with Gasteiger partial charge in [-0.15, -0.1) is 0 Å². The van der Waals surface area contributed by atoms with Crippen LogP contribution in [0.2, 0.25) is 0 Å². The van der Waals surface area contributed by atoms with Crippen molar-refractivity contribution in [1.82, 2.24) is 5.32 Å². The summed E-state index contributed by atoms with van der Waals surface area (Å²) in [7, 11) is 0.